The van der Waals surface area contributed by atoms with Crippen LogP contribution in [-0.4, -0.2) is 34.8 Å². The molecule has 2 aromatic rings. The van der Waals surface area contributed by atoms with Crippen molar-refractivity contribution < 1.29 is 18.7 Å². The minimum Gasteiger partial charge on any atom is -0.477 e. The molecule has 1 aromatic heterocycles. The van der Waals surface area contributed by atoms with Gasteiger partial charge >= 0.3 is 5.97 Å². The van der Waals surface area contributed by atoms with E-state index in [9.17, 15) is 23.5 Å². The van der Waals surface area contributed by atoms with Gasteiger partial charge in [-0.25, -0.2) is 13.6 Å². The van der Waals surface area contributed by atoms with Crippen molar-refractivity contribution in [3.63, 3.8) is 0 Å². The zero-order valence-corrected chi connectivity index (χ0v) is 14.3. The number of aryl methyl sites for hydroxylation is 1. The van der Waals surface area contributed by atoms with E-state index >= 15 is 0 Å². The normalized spacial score (nSPS) is 20.2. The molecule has 1 aliphatic heterocycles. The van der Waals surface area contributed by atoms with Gasteiger partial charge in [-0.05, 0) is 26.2 Å². The molecule has 4 rings (SSSR count). The van der Waals surface area contributed by atoms with Gasteiger partial charge < -0.3 is 20.3 Å². The first-order valence-electron chi connectivity index (χ1n) is 8.61. The number of aromatic carboxylic acids is 1. The van der Waals surface area contributed by atoms with Crippen LogP contribution in [0.4, 0.5) is 14.5 Å². The molecule has 1 atom stereocenters. The minimum atomic E-state index is -1.45. The van der Waals surface area contributed by atoms with Crippen LogP contribution in [0.1, 0.15) is 41.2 Å². The fraction of sp³-hybridized carbons (Fsp3) is 0.444. The molecule has 8 heteroatoms. The van der Waals surface area contributed by atoms with Crippen molar-refractivity contribution in [3.8, 4) is 0 Å². The summed E-state index contributed by atoms with van der Waals surface area (Å²) in [5.74, 6) is -3.85. The van der Waals surface area contributed by atoms with Crippen LogP contribution in [0.15, 0.2) is 11.0 Å². The maximum absolute atomic E-state index is 14.9. The molecule has 2 fully saturated rings. The first-order chi connectivity index (χ1) is 12.3. The first kappa shape index (κ1) is 17.0. The molecule has 0 spiro atoms. The van der Waals surface area contributed by atoms with E-state index in [-0.39, 0.29) is 23.3 Å². The summed E-state index contributed by atoms with van der Waals surface area (Å²) in [7, 11) is 0. The number of halogens is 2. The molecule has 26 heavy (non-hydrogen) atoms. The first-order valence-corrected chi connectivity index (χ1v) is 8.61. The highest BCUT2D eigenvalue weighted by atomic mass is 19.2. The number of pyridine rings is 1. The number of hydrogen-bond donors (Lipinski definition) is 2. The summed E-state index contributed by atoms with van der Waals surface area (Å²) in [5.41, 5.74) is 5.19. The van der Waals surface area contributed by atoms with E-state index in [4.69, 9.17) is 5.73 Å². The molecule has 1 aliphatic carbocycles. The third-order valence-electron chi connectivity index (χ3n) is 5.28. The Morgan fingerprint density at radius 3 is 2.50 bits per heavy atom. The fourth-order valence-electron chi connectivity index (χ4n) is 3.87. The van der Waals surface area contributed by atoms with Crippen molar-refractivity contribution in [1.82, 2.24) is 4.57 Å². The Balaban J connectivity index is 2.09. The van der Waals surface area contributed by atoms with Crippen LogP contribution in [0.2, 0.25) is 0 Å². The van der Waals surface area contributed by atoms with Crippen molar-refractivity contribution in [1.29, 1.82) is 0 Å². The van der Waals surface area contributed by atoms with Gasteiger partial charge in [0.1, 0.15) is 5.56 Å². The summed E-state index contributed by atoms with van der Waals surface area (Å²) in [6.07, 6.45) is 3.54. The summed E-state index contributed by atoms with van der Waals surface area (Å²) >= 11 is 0. The van der Waals surface area contributed by atoms with E-state index in [0.29, 0.717) is 25.1 Å². The van der Waals surface area contributed by atoms with E-state index in [2.05, 4.69) is 0 Å². The molecule has 0 radical (unpaired) electrons. The molecule has 1 saturated carbocycles. The lowest BCUT2D eigenvalue weighted by atomic mass is 10.0. The molecule has 0 bridgehead atoms. The number of aromatic nitrogens is 1. The quantitative estimate of drug-likeness (QED) is 0.872. The molecule has 1 unspecified atom stereocenters. The highest BCUT2D eigenvalue weighted by Gasteiger charge is 2.33. The Kier molecular flexibility index (Phi) is 3.76. The van der Waals surface area contributed by atoms with Gasteiger partial charge in [-0.15, -0.1) is 0 Å². The van der Waals surface area contributed by atoms with Crippen molar-refractivity contribution in [2.45, 2.75) is 38.3 Å². The standard InChI is InChI=1S/C18H19F2N3O3/c1-8-15-12(13(19)14(20)16(8)22-5-4-9(21)6-22)17(24)11(18(25)26)7-23(15)10-2-3-10/h7,9-10H,2-6,21H2,1H3,(H,25,26). The summed E-state index contributed by atoms with van der Waals surface area (Å²) < 4.78 is 31.4. The van der Waals surface area contributed by atoms with Crippen LogP contribution in [-0.2, 0) is 0 Å². The molecule has 3 N–H and O–H groups in total. The number of carboxylic acid groups (broad SMARTS) is 1. The third-order valence-corrected chi connectivity index (χ3v) is 5.28. The van der Waals surface area contributed by atoms with Gasteiger partial charge in [-0.3, -0.25) is 4.79 Å². The molecular formula is C18H19F2N3O3. The Labute approximate surface area is 147 Å². The summed E-state index contributed by atoms with van der Waals surface area (Å²) in [5, 5.41) is 8.80. The molecule has 2 aliphatic rings. The molecule has 1 aromatic carbocycles. The van der Waals surface area contributed by atoms with Crippen LogP contribution in [0.25, 0.3) is 10.9 Å². The Morgan fingerprint density at radius 2 is 1.96 bits per heavy atom. The van der Waals surface area contributed by atoms with E-state index in [1.165, 1.54) is 6.20 Å². The van der Waals surface area contributed by atoms with Crippen LogP contribution in [0.5, 0.6) is 0 Å². The Morgan fingerprint density at radius 1 is 1.27 bits per heavy atom. The van der Waals surface area contributed by atoms with Gasteiger partial charge in [0.15, 0.2) is 11.6 Å². The van der Waals surface area contributed by atoms with Gasteiger partial charge in [0.2, 0.25) is 5.43 Å². The smallest absolute Gasteiger partial charge is 0.341 e. The lowest BCUT2D eigenvalue weighted by Crippen LogP contribution is -2.29. The number of nitrogens with zero attached hydrogens (tertiary/aromatic N) is 2. The van der Waals surface area contributed by atoms with Crippen molar-refractivity contribution in [2.24, 2.45) is 5.73 Å². The zero-order valence-electron chi connectivity index (χ0n) is 14.3. The molecule has 0 amide bonds. The second-order valence-corrected chi connectivity index (χ2v) is 7.14. The third kappa shape index (κ3) is 2.39. The van der Waals surface area contributed by atoms with Crippen molar-refractivity contribution in [2.75, 3.05) is 18.0 Å². The van der Waals surface area contributed by atoms with E-state index in [1.807, 2.05) is 0 Å². The number of hydrogen-bond acceptors (Lipinski definition) is 4. The SMILES string of the molecule is Cc1c(N2CCC(N)C2)c(F)c(F)c2c(=O)c(C(=O)O)cn(C3CC3)c12. The monoisotopic (exact) mass is 363 g/mol. The number of nitrogens with two attached hydrogens (primary N) is 1. The van der Waals surface area contributed by atoms with Crippen LogP contribution in [0, 0.1) is 18.6 Å². The van der Waals surface area contributed by atoms with Gasteiger partial charge in [0.25, 0.3) is 0 Å². The van der Waals surface area contributed by atoms with Gasteiger partial charge in [-0.2, -0.15) is 0 Å². The summed E-state index contributed by atoms with van der Waals surface area (Å²) in [6, 6.07) is -0.124. The molecule has 138 valence electrons. The van der Waals surface area contributed by atoms with Crippen molar-refractivity contribution in [3.05, 3.63) is 39.2 Å². The number of carboxylic acids is 1. The van der Waals surface area contributed by atoms with Gasteiger partial charge in [0.05, 0.1) is 16.6 Å². The largest absolute Gasteiger partial charge is 0.477 e. The number of rotatable bonds is 3. The topological polar surface area (TPSA) is 88.6 Å². The van der Waals surface area contributed by atoms with Crippen LogP contribution < -0.4 is 16.1 Å². The molecule has 2 heterocycles. The van der Waals surface area contributed by atoms with E-state index < -0.39 is 34.0 Å². The van der Waals surface area contributed by atoms with Gasteiger partial charge in [-0.1, -0.05) is 0 Å². The molecule has 6 nitrogen and oxygen atoms in total. The van der Waals surface area contributed by atoms with Gasteiger partial charge in [0, 0.05) is 36.9 Å². The Bertz CT molecular complexity index is 998. The molecule has 1 saturated heterocycles. The highest BCUT2D eigenvalue weighted by Crippen LogP contribution is 2.41. The lowest BCUT2D eigenvalue weighted by molar-refractivity contribution is 0.0695. The second kappa shape index (κ2) is 5.77. The maximum Gasteiger partial charge on any atom is 0.341 e. The van der Waals surface area contributed by atoms with E-state index in [1.54, 1.807) is 16.4 Å². The number of carbonyl (C=O) groups is 1. The zero-order chi connectivity index (χ0) is 18.7. The molecular weight excluding hydrogens is 344 g/mol. The van der Waals surface area contributed by atoms with Crippen LogP contribution in [0.3, 0.4) is 0 Å². The summed E-state index contributed by atoms with van der Waals surface area (Å²) in [6.45, 7) is 2.55. The average Bonchev–Trinajstić information content (AvgIpc) is 3.34. The fourth-order valence-corrected chi connectivity index (χ4v) is 3.87. The predicted molar refractivity (Wildman–Crippen MR) is 92.9 cm³/mol. The number of anilines is 1. The minimum absolute atomic E-state index is 0.00607. The lowest BCUT2D eigenvalue weighted by Gasteiger charge is -2.24. The van der Waals surface area contributed by atoms with Crippen LogP contribution >= 0.6 is 0 Å². The second-order valence-electron chi connectivity index (χ2n) is 7.14. The number of benzene rings is 1. The average molecular weight is 363 g/mol. The summed E-state index contributed by atoms with van der Waals surface area (Å²) in [4.78, 5) is 25.6. The predicted octanol–water partition coefficient (Wildman–Crippen LogP) is 2.16. The highest BCUT2D eigenvalue weighted by molar-refractivity contribution is 5.95. The van der Waals surface area contributed by atoms with E-state index in [0.717, 1.165) is 12.8 Å². The van der Waals surface area contributed by atoms with Crippen molar-refractivity contribution >= 4 is 22.6 Å². The Hall–Kier alpha value is -2.48. The maximum atomic E-state index is 14.9. The number of fused-ring (bicyclic) bond motifs is 1.